The number of nitrogens with one attached hydrogen (secondary N) is 1. The summed E-state index contributed by atoms with van der Waals surface area (Å²) in [7, 11) is 5.39. The van der Waals surface area contributed by atoms with Crippen molar-refractivity contribution in [3.63, 3.8) is 0 Å². The van der Waals surface area contributed by atoms with Gasteiger partial charge in [-0.25, -0.2) is 15.0 Å². The number of carbonyl (C=O) groups is 2. The van der Waals surface area contributed by atoms with Crippen molar-refractivity contribution in [3.05, 3.63) is 41.6 Å². The highest BCUT2D eigenvalue weighted by molar-refractivity contribution is 6.00. The predicted octanol–water partition coefficient (Wildman–Crippen LogP) is 4.94. The van der Waals surface area contributed by atoms with Crippen molar-refractivity contribution in [1.29, 1.82) is 0 Å². The molecular formula is C35H41F3N8O3. The van der Waals surface area contributed by atoms with Gasteiger partial charge in [0.25, 0.3) is 5.91 Å². The van der Waals surface area contributed by atoms with Crippen LogP contribution in [0, 0.1) is 16.7 Å². The van der Waals surface area contributed by atoms with Crippen LogP contribution in [-0.4, -0.2) is 80.4 Å². The van der Waals surface area contributed by atoms with Gasteiger partial charge >= 0.3 is 6.18 Å². The fourth-order valence-electron chi connectivity index (χ4n) is 8.20. The van der Waals surface area contributed by atoms with Crippen LogP contribution in [0.4, 0.5) is 13.2 Å². The van der Waals surface area contributed by atoms with Crippen molar-refractivity contribution in [2.24, 2.45) is 29.5 Å². The number of alkyl halides is 3. The van der Waals surface area contributed by atoms with Gasteiger partial charge in [0, 0.05) is 44.2 Å². The summed E-state index contributed by atoms with van der Waals surface area (Å²) in [4.78, 5) is 36.8. The van der Waals surface area contributed by atoms with E-state index in [-0.39, 0.29) is 37.1 Å². The fourth-order valence-corrected chi connectivity index (χ4v) is 8.20. The van der Waals surface area contributed by atoms with Gasteiger partial charge in [0.1, 0.15) is 16.9 Å². The Balaban J connectivity index is 1.12. The zero-order valence-electron chi connectivity index (χ0n) is 28.1. The molecule has 49 heavy (non-hydrogen) atoms. The Hall–Kier alpha value is -4.17. The van der Waals surface area contributed by atoms with E-state index in [0.29, 0.717) is 47.4 Å². The van der Waals surface area contributed by atoms with Gasteiger partial charge < -0.3 is 24.9 Å². The number of fused-ring (bicyclic) bond motifs is 2. The molecule has 0 unspecified atom stereocenters. The molecule has 3 aromatic heterocycles. The first kappa shape index (κ1) is 32.1. The number of nitrogens with zero attached hydrogens (tertiary/aromatic N) is 6. The number of aromatic nitrogens is 4. The lowest BCUT2D eigenvalue weighted by Gasteiger charge is -2.69. The summed E-state index contributed by atoms with van der Waals surface area (Å²) in [6, 6.07) is 8.86. The first-order valence-electron chi connectivity index (χ1n) is 16.9. The highest BCUT2D eigenvalue weighted by Crippen LogP contribution is 2.78. The summed E-state index contributed by atoms with van der Waals surface area (Å²) in [5.41, 5.74) is 7.68. The van der Waals surface area contributed by atoms with E-state index in [1.54, 1.807) is 24.3 Å². The van der Waals surface area contributed by atoms with Crippen LogP contribution in [0.3, 0.4) is 0 Å². The Morgan fingerprint density at radius 1 is 1.10 bits per heavy atom. The van der Waals surface area contributed by atoms with E-state index >= 15 is 0 Å². The molecule has 260 valence electrons. The lowest BCUT2D eigenvalue weighted by Crippen LogP contribution is -2.72. The summed E-state index contributed by atoms with van der Waals surface area (Å²) in [6.07, 6.45) is -1.62. The molecular weight excluding hydrogens is 637 g/mol. The molecule has 0 radical (unpaired) electrons. The molecule has 2 amide bonds. The van der Waals surface area contributed by atoms with Crippen molar-refractivity contribution in [2.75, 3.05) is 27.2 Å². The molecule has 3 N–H and O–H groups in total. The summed E-state index contributed by atoms with van der Waals surface area (Å²) in [5.74, 6) is 1.23. The van der Waals surface area contributed by atoms with Gasteiger partial charge in [-0.05, 0) is 81.7 Å². The Kier molecular flexibility index (Phi) is 7.14. The Morgan fingerprint density at radius 3 is 2.51 bits per heavy atom. The Morgan fingerprint density at radius 2 is 1.84 bits per heavy atom. The third-order valence-electron chi connectivity index (χ3n) is 11.3. The van der Waals surface area contributed by atoms with Crippen LogP contribution in [0.1, 0.15) is 67.5 Å². The molecule has 14 heteroatoms. The van der Waals surface area contributed by atoms with Gasteiger partial charge in [-0.2, -0.15) is 13.2 Å². The molecule has 5 fully saturated rings. The van der Waals surface area contributed by atoms with E-state index in [2.05, 4.69) is 16.0 Å². The van der Waals surface area contributed by atoms with E-state index < -0.39 is 23.0 Å². The first-order valence-corrected chi connectivity index (χ1v) is 16.9. The lowest BCUT2D eigenvalue weighted by atomic mass is 9.34. The van der Waals surface area contributed by atoms with Crippen LogP contribution in [0.25, 0.3) is 33.6 Å². The first-order chi connectivity index (χ1) is 23.2. The van der Waals surface area contributed by atoms with Crippen molar-refractivity contribution in [3.8, 4) is 17.3 Å². The van der Waals surface area contributed by atoms with Crippen LogP contribution in [0.5, 0.6) is 5.75 Å². The second-order valence-corrected chi connectivity index (χ2v) is 14.9. The summed E-state index contributed by atoms with van der Waals surface area (Å²) >= 11 is 0. The van der Waals surface area contributed by atoms with Crippen LogP contribution >= 0.6 is 0 Å². The number of aryl methyl sites for hydroxylation is 1. The molecule has 5 aliphatic rings. The predicted molar refractivity (Wildman–Crippen MR) is 176 cm³/mol. The number of imidazole rings is 1. The Bertz CT molecular complexity index is 1990. The highest BCUT2D eigenvalue weighted by atomic mass is 19.4. The number of halogens is 3. The van der Waals surface area contributed by atoms with Crippen LogP contribution < -0.4 is 15.8 Å². The molecule has 2 atom stereocenters. The summed E-state index contributed by atoms with van der Waals surface area (Å²) in [5, 5.41) is 7.43. The molecule has 11 nitrogen and oxygen atoms in total. The second kappa shape index (κ2) is 10.9. The highest BCUT2D eigenvalue weighted by Gasteiger charge is 2.80. The maximum Gasteiger partial charge on any atom is 0.394 e. The molecule has 1 aliphatic heterocycles. The Labute approximate surface area is 281 Å². The smallest absolute Gasteiger partial charge is 0.394 e. The minimum Gasteiger partial charge on any atom is -0.494 e. The molecule has 1 saturated heterocycles. The lowest BCUT2D eigenvalue weighted by molar-refractivity contribution is -0.351. The zero-order chi connectivity index (χ0) is 34.6. The van der Waals surface area contributed by atoms with Crippen molar-refractivity contribution >= 4 is 33.9 Å². The zero-order valence-corrected chi connectivity index (χ0v) is 28.1. The van der Waals surface area contributed by atoms with Crippen LogP contribution in [0.15, 0.2) is 30.3 Å². The molecule has 4 heterocycles. The van der Waals surface area contributed by atoms with Crippen molar-refractivity contribution < 1.29 is 27.5 Å². The minimum atomic E-state index is -4.26. The molecule has 2 bridgehead atoms. The number of carbonyl (C=O) groups excluding carboxylic acids is 2. The molecule has 9 rings (SSSR count). The molecule has 1 aromatic carbocycles. The number of hydrogen-bond donors (Lipinski definition) is 2. The minimum absolute atomic E-state index is 0.0900. The monoisotopic (exact) mass is 678 g/mol. The maximum atomic E-state index is 13.7. The largest absolute Gasteiger partial charge is 0.494 e. The number of ether oxygens (including phenoxy) is 1. The third-order valence-corrected chi connectivity index (χ3v) is 11.3. The van der Waals surface area contributed by atoms with Crippen LogP contribution in [0.2, 0.25) is 0 Å². The number of benzene rings is 1. The van der Waals surface area contributed by atoms with Crippen molar-refractivity contribution in [2.45, 2.75) is 70.3 Å². The molecule has 4 saturated carbocycles. The van der Waals surface area contributed by atoms with E-state index in [4.69, 9.17) is 20.4 Å². The van der Waals surface area contributed by atoms with Gasteiger partial charge in [0.15, 0.2) is 5.82 Å². The van der Waals surface area contributed by atoms with E-state index in [9.17, 15) is 22.8 Å². The summed E-state index contributed by atoms with van der Waals surface area (Å²) in [6.45, 7) is 3.68. The standard InChI is InChI=1S/C35H41F3N8O3/c1-19(40-32(48)33-16-34(17-33,18-33)35(36,37)38)24-8-7-21-12-26(45(29(21)41-24)14-20-5-6-20)30-42-25-11-22(13-27(49-4)28(25)44(30)3)31(47)46-15-23(39)9-10-43(46)2/h7-8,11-13,19-20,23H,5-6,9-10,14-18,39H2,1-4H3,(H,40,48)/t19-,23-,33?,34?/m1/s1. The van der Waals surface area contributed by atoms with Gasteiger partial charge in [0.2, 0.25) is 5.91 Å². The van der Waals surface area contributed by atoms with Crippen molar-refractivity contribution in [1.82, 2.24) is 34.4 Å². The third kappa shape index (κ3) is 5.00. The number of amides is 2. The average molecular weight is 679 g/mol. The molecule has 4 aromatic rings. The van der Waals surface area contributed by atoms with E-state index in [1.165, 1.54) is 0 Å². The number of pyridine rings is 1. The average Bonchev–Trinajstić information content (AvgIpc) is 3.68. The quantitative estimate of drug-likeness (QED) is 0.271. The normalized spacial score (nSPS) is 26.0. The van der Waals surface area contributed by atoms with E-state index in [0.717, 1.165) is 48.1 Å². The number of rotatable bonds is 8. The number of methoxy groups -OCH3 is 1. The maximum absolute atomic E-state index is 13.7. The molecule has 0 spiro atoms. The van der Waals surface area contributed by atoms with Gasteiger partial charge in [-0.1, -0.05) is 0 Å². The van der Waals surface area contributed by atoms with E-state index in [1.807, 2.05) is 42.7 Å². The SMILES string of the molecule is COc1cc(C(=O)N2C[C@H](N)CCN2C)cc2nc(-c3cc4ccc([C@@H](C)NC(=O)C56CC(C(F)(F)F)(C5)C6)nc4n3CC3CC3)n(C)c12. The van der Waals surface area contributed by atoms with Gasteiger partial charge in [-0.15, -0.1) is 0 Å². The molecule has 4 aliphatic carbocycles. The number of nitrogens with two attached hydrogens (primary N) is 1. The van der Waals surface area contributed by atoms with Crippen LogP contribution in [-0.2, 0) is 18.4 Å². The summed E-state index contributed by atoms with van der Waals surface area (Å²) < 4.78 is 50.1. The second-order valence-electron chi connectivity index (χ2n) is 14.9. The van der Waals surface area contributed by atoms with Gasteiger partial charge in [-0.3, -0.25) is 14.6 Å². The number of hydrazine groups is 1. The number of hydrogen-bond acceptors (Lipinski definition) is 7. The van der Waals surface area contributed by atoms with Gasteiger partial charge in [0.05, 0.1) is 47.4 Å². The topological polar surface area (TPSA) is 124 Å². The fraction of sp³-hybridized carbons (Fsp3) is 0.543.